The Kier molecular flexibility index (Phi) is 6.24. The molecule has 0 aromatic rings. The first-order chi connectivity index (χ1) is 3.63. The Morgan fingerprint density at radius 1 is 1.88 bits per heavy atom. The van der Waals surface area contributed by atoms with E-state index in [0.717, 1.165) is 5.75 Å². The number of halogens is 2. The number of thioether (sulfide) groups is 1. The van der Waals surface area contributed by atoms with Crippen LogP contribution >= 0.6 is 51.9 Å². The van der Waals surface area contributed by atoms with E-state index in [-0.39, 0.29) is 8.87 Å². The first kappa shape index (κ1) is 9.47. The fraction of sp³-hybridized carbons (Fsp3) is 1.00. The molecule has 8 heavy (non-hydrogen) atoms. The average molecular weight is 236 g/mol. The summed E-state index contributed by atoms with van der Waals surface area (Å²) in [5.74, 6) is 0.952. The second-order valence-electron chi connectivity index (χ2n) is 1.31. The lowest BCUT2D eigenvalue weighted by atomic mass is 10.9. The molecule has 0 N–H and O–H groups in total. The quantitative estimate of drug-likeness (QED) is 0.580. The van der Waals surface area contributed by atoms with E-state index in [1.807, 2.05) is 6.92 Å². The molecule has 0 rings (SSSR count). The van der Waals surface area contributed by atoms with Crippen LogP contribution in [0.1, 0.15) is 6.92 Å². The fourth-order valence-corrected chi connectivity index (χ4v) is 1.57. The minimum Gasteiger partial charge on any atom is -0.163 e. The van der Waals surface area contributed by atoms with Crippen molar-refractivity contribution < 1.29 is 0 Å². The summed E-state index contributed by atoms with van der Waals surface area (Å²) in [6.07, 6.45) is 0. The van der Waals surface area contributed by atoms with E-state index in [1.54, 1.807) is 11.8 Å². The predicted molar refractivity (Wildman–Crippen MR) is 49.5 cm³/mol. The maximum Gasteiger partial charge on any atom is 0.0761 e. The number of hydrogen-bond acceptors (Lipinski definition) is 2. The monoisotopic (exact) mass is 234 g/mol. The van der Waals surface area contributed by atoms with Crippen LogP contribution in [0, 0.1) is 0 Å². The molecule has 0 amide bonds. The van der Waals surface area contributed by atoms with Gasteiger partial charge >= 0.3 is 0 Å². The largest absolute Gasteiger partial charge is 0.163 e. The molecule has 2 unspecified atom stereocenters. The van der Waals surface area contributed by atoms with E-state index in [9.17, 15) is 0 Å². The summed E-state index contributed by atoms with van der Waals surface area (Å²) in [7, 11) is 0. The third kappa shape index (κ3) is 7.47. The highest BCUT2D eigenvalue weighted by Crippen LogP contribution is 2.19. The Hall–Kier alpha value is 1.47. The number of alkyl halides is 2. The third-order valence-corrected chi connectivity index (χ3v) is 3.01. The van der Waals surface area contributed by atoms with Crippen molar-refractivity contribution in [3.63, 3.8) is 0 Å². The van der Waals surface area contributed by atoms with Crippen LogP contribution in [0.15, 0.2) is 0 Å². The van der Waals surface area contributed by atoms with Gasteiger partial charge in [0.25, 0.3) is 0 Å². The Bertz CT molecular complexity index is 50.0. The van der Waals surface area contributed by atoms with Crippen LogP contribution in [0.4, 0.5) is 0 Å². The normalized spacial score (nSPS) is 18.0. The van der Waals surface area contributed by atoms with Crippen molar-refractivity contribution in [3.05, 3.63) is 0 Å². The maximum atomic E-state index is 5.63. The maximum absolute atomic E-state index is 5.63. The average Bonchev–Trinajstić information content (AvgIpc) is 1.61. The second-order valence-corrected chi connectivity index (χ2v) is 6.03. The molecule has 0 nitrogen and oxygen atoms in total. The molecule has 0 aromatic heterocycles. The second kappa shape index (κ2) is 5.27. The van der Waals surface area contributed by atoms with Gasteiger partial charge < -0.3 is 0 Å². The molecule has 0 aliphatic rings. The van der Waals surface area contributed by atoms with Crippen molar-refractivity contribution >= 4 is 51.9 Å². The molecule has 0 saturated heterocycles. The molecular weight excluding hydrogens is 228 g/mol. The van der Waals surface area contributed by atoms with Gasteiger partial charge in [0.2, 0.25) is 0 Å². The van der Waals surface area contributed by atoms with Crippen molar-refractivity contribution in [2.75, 3.05) is 5.75 Å². The van der Waals surface area contributed by atoms with Crippen LogP contribution in [-0.4, -0.2) is 14.6 Å². The van der Waals surface area contributed by atoms with Crippen LogP contribution in [0.2, 0.25) is 0 Å². The molecule has 0 spiro atoms. The molecule has 0 bridgehead atoms. The van der Waals surface area contributed by atoms with Crippen molar-refractivity contribution in [2.45, 2.75) is 15.8 Å². The highest BCUT2D eigenvalue weighted by Gasteiger charge is 1.99. The van der Waals surface area contributed by atoms with E-state index in [2.05, 4.69) is 28.6 Å². The molecule has 2 atom stereocenters. The van der Waals surface area contributed by atoms with Crippen LogP contribution in [0.25, 0.3) is 0 Å². The zero-order valence-corrected chi connectivity index (χ0v) is 8.53. The predicted octanol–water partition coefficient (Wildman–Crippen LogP) is 2.96. The molecular formula is C4H8BrClS2. The smallest absolute Gasteiger partial charge is 0.0761 e. The van der Waals surface area contributed by atoms with Gasteiger partial charge in [-0.3, -0.25) is 0 Å². The van der Waals surface area contributed by atoms with Crippen molar-refractivity contribution in [3.8, 4) is 0 Å². The summed E-state index contributed by atoms with van der Waals surface area (Å²) >= 11 is 14.7. The summed E-state index contributed by atoms with van der Waals surface area (Å²) in [4.78, 5) is 0. The lowest BCUT2D eigenvalue weighted by molar-refractivity contribution is 1.37. The van der Waals surface area contributed by atoms with Crippen LogP contribution < -0.4 is 0 Å². The lowest BCUT2D eigenvalue weighted by Crippen LogP contribution is -1.93. The molecule has 0 heterocycles. The summed E-state index contributed by atoms with van der Waals surface area (Å²) in [6, 6.07) is 0. The number of thiol groups is 1. The van der Waals surface area contributed by atoms with Crippen LogP contribution in [0.3, 0.4) is 0 Å². The lowest BCUT2D eigenvalue weighted by Gasteiger charge is -2.02. The molecule has 50 valence electrons. The van der Waals surface area contributed by atoms with Gasteiger partial charge in [0.1, 0.15) is 0 Å². The fourth-order valence-electron chi connectivity index (χ4n) is 0.212. The summed E-state index contributed by atoms with van der Waals surface area (Å²) in [5, 5.41) is 0. The molecule has 0 radical (unpaired) electrons. The first-order valence-electron chi connectivity index (χ1n) is 2.20. The topological polar surface area (TPSA) is 0 Å². The van der Waals surface area contributed by atoms with Gasteiger partial charge in [-0.2, -0.15) is 12.6 Å². The number of rotatable bonds is 3. The highest BCUT2D eigenvalue weighted by molar-refractivity contribution is 9.11. The van der Waals surface area contributed by atoms with E-state index < -0.39 is 0 Å². The molecule has 0 fully saturated rings. The minimum absolute atomic E-state index is 0.196. The molecule has 0 aliphatic carbocycles. The van der Waals surface area contributed by atoms with Gasteiger partial charge in [0.05, 0.1) is 8.87 Å². The molecule has 0 saturated carbocycles. The van der Waals surface area contributed by atoms with Crippen molar-refractivity contribution in [1.29, 1.82) is 0 Å². The molecule has 4 heteroatoms. The van der Waals surface area contributed by atoms with E-state index in [0.29, 0.717) is 0 Å². The van der Waals surface area contributed by atoms with E-state index in [4.69, 9.17) is 11.6 Å². The SMILES string of the molecule is CC(Cl)SCC(S)Br. The van der Waals surface area contributed by atoms with Crippen molar-refractivity contribution in [2.24, 2.45) is 0 Å². The Balaban J connectivity index is 2.93. The molecule has 0 aromatic carbocycles. The Morgan fingerprint density at radius 2 is 2.38 bits per heavy atom. The minimum atomic E-state index is 0.196. The Morgan fingerprint density at radius 3 is 2.50 bits per heavy atom. The van der Waals surface area contributed by atoms with Gasteiger partial charge in [0.15, 0.2) is 0 Å². The van der Waals surface area contributed by atoms with E-state index >= 15 is 0 Å². The summed E-state index contributed by atoms with van der Waals surface area (Å²) in [5.41, 5.74) is 0. The van der Waals surface area contributed by atoms with Gasteiger partial charge in [0, 0.05) is 5.75 Å². The Labute approximate surface area is 73.3 Å². The van der Waals surface area contributed by atoms with Gasteiger partial charge in [-0.1, -0.05) is 15.9 Å². The standard InChI is InChI=1S/C4H8BrClS2/c1-3(6)8-2-4(5)7/h3-4,7H,2H2,1H3. The van der Waals surface area contributed by atoms with Gasteiger partial charge in [-0.05, 0) is 6.92 Å². The van der Waals surface area contributed by atoms with Crippen LogP contribution in [0.5, 0.6) is 0 Å². The van der Waals surface area contributed by atoms with Crippen molar-refractivity contribution in [1.82, 2.24) is 0 Å². The highest BCUT2D eigenvalue weighted by atomic mass is 79.9. The zero-order valence-electron chi connectivity index (χ0n) is 4.47. The van der Waals surface area contributed by atoms with E-state index in [1.165, 1.54) is 0 Å². The zero-order chi connectivity index (χ0) is 6.57. The summed E-state index contributed by atoms with van der Waals surface area (Å²) < 4.78 is 0.468. The third-order valence-electron chi connectivity index (χ3n) is 0.463. The first-order valence-corrected chi connectivity index (χ1v) is 5.12. The summed E-state index contributed by atoms with van der Waals surface area (Å²) in [6.45, 7) is 1.95. The molecule has 0 aliphatic heterocycles. The van der Waals surface area contributed by atoms with Crippen LogP contribution in [-0.2, 0) is 0 Å². The number of hydrogen-bond donors (Lipinski definition) is 1. The van der Waals surface area contributed by atoms with Gasteiger partial charge in [-0.25, -0.2) is 0 Å². The van der Waals surface area contributed by atoms with Gasteiger partial charge in [-0.15, -0.1) is 23.4 Å².